The maximum Gasteiger partial charge on any atom is 0.362 e. The SMILES string of the molecule is CC1[C@H](CC(=O)/C(=N\OC(COc2ccc3nc(NC4CNC4)sc3c2)C(=O)O)c2csc(N)n2)C(=O)N1S(=O)(=O)O. The van der Waals surface area contributed by atoms with Crippen molar-refractivity contribution >= 4 is 76.8 Å². The zero-order chi connectivity index (χ0) is 30.2. The maximum absolute atomic E-state index is 13.1. The van der Waals surface area contributed by atoms with Crippen LogP contribution in [-0.4, -0.2) is 93.6 Å². The van der Waals surface area contributed by atoms with Gasteiger partial charge in [-0.3, -0.25) is 14.1 Å². The number of carboxylic acids is 1. The van der Waals surface area contributed by atoms with Gasteiger partial charge >= 0.3 is 16.3 Å². The first-order valence-corrected chi connectivity index (χ1v) is 15.5. The molecule has 2 saturated heterocycles. The molecule has 0 aliphatic carbocycles. The first-order valence-electron chi connectivity index (χ1n) is 12.4. The Bertz CT molecular complexity index is 1670. The fourth-order valence-corrected chi connectivity index (χ4v) is 6.67. The van der Waals surface area contributed by atoms with E-state index in [0.29, 0.717) is 11.8 Å². The number of anilines is 2. The van der Waals surface area contributed by atoms with Crippen LogP contribution in [0, 0.1) is 5.92 Å². The van der Waals surface area contributed by atoms with Gasteiger partial charge in [-0.25, -0.2) is 19.1 Å². The molecule has 2 fully saturated rings. The smallest absolute Gasteiger partial charge is 0.362 e. The van der Waals surface area contributed by atoms with Crippen molar-refractivity contribution in [2.24, 2.45) is 11.1 Å². The number of hydrogen-bond acceptors (Lipinski definition) is 15. The van der Waals surface area contributed by atoms with E-state index in [1.165, 1.54) is 23.6 Å². The Balaban J connectivity index is 1.27. The highest BCUT2D eigenvalue weighted by molar-refractivity contribution is 7.84. The molecule has 2 aromatic heterocycles. The molecule has 0 saturated carbocycles. The van der Waals surface area contributed by atoms with Crippen molar-refractivity contribution in [3.05, 3.63) is 29.3 Å². The number of nitrogens with one attached hydrogen (secondary N) is 2. The van der Waals surface area contributed by atoms with Gasteiger partial charge in [0.15, 0.2) is 21.8 Å². The zero-order valence-electron chi connectivity index (χ0n) is 21.8. The van der Waals surface area contributed by atoms with Crippen molar-refractivity contribution in [3.8, 4) is 5.75 Å². The Morgan fingerprint density at radius 2 is 2.10 bits per heavy atom. The van der Waals surface area contributed by atoms with Crippen LogP contribution >= 0.6 is 22.7 Å². The molecule has 1 aromatic carbocycles. The number of hydrogen-bond donors (Lipinski definition) is 5. The fourth-order valence-electron chi connectivity index (χ4n) is 4.22. The molecule has 5 rings (SSSR count). The standard InChI is InChI=1S/C23H25N7O9S3/c1-10-13(20(32)30(10)42(35,36)37)5-16(31)19(15-9-40-22(24)27-15)29-39-17(21(33)34)8-38-12-2-3-14-18(4-12)41-23(28-14)26-11-6-25-7-11/h2-4,9-11,13,17,25H,5-8H2,1H3,(H2,24,27)(H,26,28)(H,33,34)(H,35,36,37)/b29-19-/t10?,13-,17?/m0/s1. The van der Waals surface area contributed by atoms with E-state index in [1.54, 1.807) is 18.2 Å². The molecule has 0 spiro atoms. The number of rotatable bonds is 13. The van der Waals surface area contributed by atoms with Crippen LogP contribution in [0.4, 0.5) is 10.3 Å². The van der Waals surface area contributed by atoms with Crippen molar-refractivity contribution in [1.29, 1.82) is 0 Å². The molecule has 2 unspecified atom stereocenters. The van der Waals surface area contributed by atoms with Crippen LogP contribution in [0.5, 0.6) is 5.75 Å². The van der Waals surface area contributed by atoms with Crippen LogP contribution < -0.4 is 21.1 Å². The van der Waals surface area contributed by atoms with Crippen LogP contribution in [-0.2, 0) is 29.5 Å². The molecular weight excluding hydrogens is 614 g/mol. The van der Waals surface area contributed by atoms with E-state index < -0.39 is 64.8 Å². The molecule has 0 radical (unpaired) electrons. The summed E-state index contributed by atoms with van der Waals surface area (Å²) in [5.41, 5.74) is 6.00. The summed E-state index contributed by atoms with van der Waals surface area (Å²) in [7, 11) is -4.77. The van der Waals surface area contributed by atoms with Gasteiger partial charge in [0.05, 0.1) is 28.2 Å². The number of Topliss-reactive ketones (excluding diaryl/α,β-unsaturated/α-hetero) is 1. The molecular formula is C23H25N7O9S3. The van der Waals surface area contributed by atoms with Crippen LogP contribution in [0.2, 0.25) is 0 Å². The van der Waals surface area contributed by atoms with Gasteiger partial charge < -0.3 is 31.0 Å². The van der Waals surface area contributed by atoms with Gasteiger partial charge in [-0.15, -0.1) is 11.3 Å². The molecule has 19 heteroatoms. The van der Waals surface area contributed by atoms with Crippen molar-refractivity contribution in [2.45, 2.75) is 31.5 Å². The molecule has 3 aromatic rings. The summed E-state index contributed by atoms with van der Waals surface area (Å²) in [5.74, 6) is -3.86. The minimum Gasteiger partial charge on any atom is -0.489 e. The van der Waals surface area contributed by atoms with Crippen molar-refractivity contribution in [2.75, 3.05) is 30.7 Å². The lowest BCUT2D eigenvalue weighted by atomic mass is 9.86. The topological polar surface area (TPSA) is 236 Å². The summed E-state index contributed by atoms with van der Waals surface area (Å²) < 4.78 is 38.7. The normalized spacial score (nSPS) is 20.1. The average Bonchev–Trinajstić information content (AvgIpc) is 3.51. The molecule has 2 aliphatic rings. The number of carbonyl (C=O) groups is 3. The summed E-state index contributed by atoms with van der Waals surface area (Å²) in [5, 5.41) is 22.2. The number of benzene rings is 1. The molecule has 16 nitrogen and oxygen atoms in total. The number of aromatic nitrogens is 2. The van der Waals surface area contributed by atoms with Crippen LogP contribution in [0.1, 0.15) is 19.0 Å². The minimum atomic E-state index is -4.77. The van der Waals surface area contributed by atoms with Crippen LogP contribution in [0.3, 0.4) is 0 Å². The average molecular weight is 640 g/mol. The number of oxime groups is 1. The number of ether oxygens (including phenoxy) is 1. The monoisotopic (exact) mass is 639 g/mol. The highest BCUT2D eigenvalue weighted by Gasteiger charge is 2.51. The van der Waals surface area contributed by atoms with Crippen molar-refractivity contribution in [1.82, 2.24) is 19.6 Å². The van der Waals surface area contributed by atoms with E-state index >= 15 is 0 Å². The molecule has 1 amide bonds. The third-order valence-corrected chi connectivity index (χ3v) is 9.22. The lowest BCUT2D eigenvalue weighted by molar-refractivity contribution is -0.152. The predicted octanol–water partition coefficient (Wildman–Crippen LogP) is 0.581. The third kappa shape index (κ3) is 6.28. The maximum atomic E-state index is 13.1. The Morgan fingerprint density at radius 1 is 1.33 bits per heavy atom. The van der Waals surface area contributed by atoms with Crippen LogP contribution in [0.25, 0.3) is 10.2 Å². The zero-order valence-corrected chi connectivity index (χ0v) is 24.2. The molecule has 224 valence electrons. The molecule has 0 bridgehead atoms. The summed E-state index contributed by atoms with van der Waals surface area (Å²) in [6.45, 7) is 2.60. The number of nitrogens with two attached hydrogens (primary N) is 1. The molecule has 6 N–H and O–H groups in total. The summed E-state index contributed by atoms with van der Waals surface area (Å²) in [4.78, 5) is 51.0. The van der Waals surface area contributed by atoms with Crippen molar-refractivity contribution in [3.63, 3.8) is 0 Å². The Morgan fingerprint density at radius 3 is 2.69 bits per heavy atom. The van der Waals surface area contributed by atoms with E-state index in [4.69, 9.17) is 15.3 Å². The minimum absolute atomic E-state index is 0.0173. The summed E-state index contributed by atoms with van der Waals surface area (Å²) in [6.07, 6.45) is -2.13. The summed E-state index contributed by atoms with van der Waals surface area (Å²) in [6, 6.07) is 4.43. The number of ketones is 1. The van der Waals surface area contributed by atoms with Gasteiger partial charge in [-0.05, 0) is 25.1 Å². The second kappa shape index (κ2) is 11.8. The van der Waals surface area contributed by atoms with E-state index in [-0.39, 0.29) is 15.1 Å². The van der Waals surface area contributed by atoms with Gasteiger partial charge in [0, 0.05) is 24.9 Å². The lowest BCUT2D eigenvalue weighted by Gasteiger charge is -2.41. The number of β-lactam (4-membered cyclic amide) rings is 1. The molecule has 2 aliphatic heterocycles. The quantitative estimate of drug-likeness (QED) is 0.0745. The summed E-state index contributed by atoms with van der Waals surface area (Å²) >= 11 is 2.42. The number of fused-ring (bicyclic) bond motifs is 1. The number of thiazole rings is 2. The highest BCUT2D eigenvalue weighted by Crippen LogP contribution is 2.32. The second-order valence-electron chi connectivity index (χ2n) is 9.49. The van der Waals surface area contributed by atoms with E-state index in [1.807, 2.05) is 0 Å². The van der Waals surface area contributed by atoms with Gasteiger partial charge in [-0.1, -0.05) is 16.5 Å². The number of nitrogen functional groups attached to an aromatic ring is 1. The lowest BCUT2D eigenvalue weighted by Crippen LogP contribution is -2.62. The fraction of sp³-hybridized carbons (Fsp3) is 0.391. The first kappa shape index (κ1) is 29.6. The first-order chi connectivity index (χ1) is 19.9. The number of aliphatic carboxylic acids is 1. The van der Waals surface area contributed by atoms with Gasteiger partial charge in [0.1, 0.15) is 18.1 Å². The number of amides is 1. The van der Waals surface area contributed by atoms with Crippen molar-refractivity contribution < 1.29 is 42.0 Å². The van der Waals surface area contributed by atoms with Gasteiger partial charge in [0.25, 0.3) is 6.10 Å². The molecule has 42 heavy (non-hydrogen) atoms. The Labute approximate surface area is 246 Å². The van der Waals surface area contributed by atoms with E-state index in [2.05, 4.69) is 25.8 Å². The highest BCUT2D eigenvalue weighted by atomic mass is 32.2. The second-order valence-corrected chi connectivity index (χ2v) is 12.7. The van der Waals surface area contributed by atoms with Gasteiger partial charge in [-0.2, -0.15) is 8.42 Å². The molecule has 4 heterocycles. The predicted molar refractivity (Wildman–Crippen MR) is 152 cm³/mol. The largest absolute Gasteiger partial charge is 0.489 e. The number of carboxylic acid groups (broad SMARTS) is 1. The van der Waals surface area contributed by atoms with E-state index in [9.17, 15) is 32.5 Å². The van der Waals surface area contributed by atoms with Crippen LogP contribution in [0.15, 0.2) is 28.7 Å². The number of nitrogens with zero attached hydrogens (tertiary/aromatic N) is 4. The molecule has 3 atom stereocenters. The third-order valence-electron chi connectivity index (χ3n) is 6.59. The van der Waals surface area contributed by atoms with E-state index in [0.717, 1.165) is 39.8 Å². The Hall–Kier alpha value is -3.91. The van der Waals surface area contributed by atoms with Gasteiger partial charge in [0.2, 0.25) is 5.91 Å². The Kier molecular flexibility index (Phi) is 8.28. The number of carbonyl (C=O) groups excluding carboxylic acids is 2.